The average molecular weight is 570 g/mol. The van der Waals surface area contributed by atoms with Gasteiger partial charge in [0.05, 0.1) is 18.5 Å². The van der Waals surface area contributed by atoms with E-state index in [2.05, 4.69) is 20.1 Å². The lowest BCUT2D eigenvalue weighted by atomic mass is 9.99. The Morgan fingerprint density at radius 1 is 1.07 bits per heavy atom. The lowest BCUT2D eigenvalue weighted by Gasteiger charge is -2.27. The van der Waals surface area contributed by atoms with Crippen molar-refractivity contribution in [2.75, 3.05) is 23.9 Å². The summed E-state index contributed by atoms with van der Waals surface area (Å²) in [7, 11) is 1.53. The molecule has 6 rings (SSSR count). The third kappa shape index (κ3) is 5.04. The van der Waals surface area contributed by atoms with Crippen molar-refractivity contribution in [3.05, 3.63) is 89.5 Å². The van der Waals surface area contributed by atoms with Gasteiger partial charge in [-0.1, -0.05) is 29.8 Å². The number of hydrogen-bond donors (Lipinski definition) is 1. The lowest BCUT2D eigenvalue weighted by Crippen LogP contribution is -2.38. The fourth-order valence-electron chi connectivity index (χ4n) is 5.15. The highest BCUT2D eigenvalue weighted by Crippen LogP contribution is 2.57. The molecule has 0 radical (unpaired) electrons. The summed E-state index contributed by atoms with van der Waals surface area (Å²) >= 11 is 6.13. The number of alkyl halides is 3. The number of carbonyl (C=O) groups excluding carboxylic acids is 1. The minimum absolute atomic E-state index is 0.261. The first-order valence-corrected chi connectivity index (χ1v) is 12.8. The molecular formula is C28H23ClF3N5O3. The van der Waals surface area contributed by atoms with E-state index >= 15 is 0 Å². The number of benzene rings is 3. The molecule has 3 aromatic carbocycles. The Labute approximate surface area is 232 Å². The molecule has 1 aliphatic carbocycles. The number of methoxy groups -OCH3 is 1. The first kappa shape index (κ1) is 26.0. The van der Waals surface area contributed by atoms with Crippen LogP contribution in [0.3, 0.4) is 0 Å². The number of halogens is 4. The van der Waals surface area contributed by atoms with Crippen LogP contribution >= 0.6 is 11.6 Å². The fourth-order valence-corrected chi connectivity index (χ4v) is 5.28. The molecule has 1 aliphatic heterocycles. The third-order valence-corrected chi connectivity index (χ3v) is 7.47. The van der Waals surface area contributed by atoms with Gasteiger partial charge in [-0.05, 0) is 48.2 Å². The van der Waals surface area contributed by atoms with Crippen molar-refractivity contribution in [3.8, 4) is 17.2 Å². The smallest absolute Gasteiger partial charge is 0.497 e. The summed E-state index contributed by atoms with van der Waals surface area (Å²) in [5.74, 6) is -0.181. The zero-order chi connectivity index (χ0) is 28.1. The molecule has 206 valence electrons. The highest BCUT2D eigenvalue weighted by molar-refractivity contribution is 6.30. The van der Waals surface area contributed by atoms with E-state index in [1.807, 2.05) is 0 Å². The molecule has 1 saturated carbocycles. The van der Waals surface area contributed by atoms with Crippen LogP contribution in [-0.4, -0.2) is 40.7 Å². The highest BCUT2D eigenvalue weighted by atomic mass is 35.5. The summed E-state index contributed by atoms with van der Waals surface area (Å²) in [4.78, 5) is 19.8. The summed E-state index contributed by atoms with van der Waals surface area (Å²) in [6, 6.07) is 15.5. The van der Waals surface area contributed by atoms with Crippen molar-refractivity contribution in [3.63, 3.8) is 0 Å². The number of carbonyl (C=O) groups is 1. The zero-order valence-corrected chi connectivity index (χ0v) is 21.9. The maximum absolute atomic E-state index is 14.3. The normalized spacial score (nSPS) is 16.0. The van der Waals surface area contributed by atoms with Crippen LogP contribution in [-0.2, 0) is 10.2 Å². The summed E-state index contributed by atoms with van der Waals surface area (Å²) in [6.45, 7) is 0.366. The summed E-state index contributed by atoms with van der Waals surface area (Å²) in [5.41, 5.74) is 2.84. The number of anilines is 2. The molecule has 2 heterocycles. The SMILES string of the molecule is COc1cc(NC(C(=O)N2CC3(CC3)c3ccc(OC(F)(F)F)cc32)c2ccc(Cl)cc2)cc(-n2cncn2)c1. The van der Waals surface area contributed by atoms with E-state index in [9.17, 15) is 18.0 Å². The first-order valence-electron chi connectivity index (χ1n) is 12.4. The monoisotopic (exact) mass is 569 g/mol. The number of rotatable bonds is 7. The predicted molar refractivity (Wildman–Crippen MR) is 142 cm³/mol. The molecule has 40 heavy (non-hydrogen) atoms. The van der Waals surface area contributed by atoms with Gasteiger partial charge < -0.3 is 19.7 Å². The van der Waals surface area contributed by atoms with Crippen LogP contribution < -0.4 is 19.7 Å². The number of nitrogens with zero attached hydrogens (tertiary/aromatic N) is 4. The Balaban J connectivity index is 1.39. The van der Waals surface area contributed by atoms with Gasteiger partial charge in [-0.2, -0.15) is 5.10 Å². The fraction of sp³-hybridized carbons (Fsp3) is 0.250. The molecule has 12 heteroatoms. The summed E-state index contributed by atoms with van der Waals surface area (Å²) in [5, 5.41) is 7.98. The van der Waals surface area contributed by atoms with Crippen LogP contribution in [0.25, 0.3) is 5.69 Å². The number of ether oxygens (including phenoxy) is 2. The van der Waals surface area contributed by atoms with E-state index in [1.165, 1.54) is 31.9 Å². The van der Waals surface area contributed by atoms with E-state index in [0.29, 0.717) is 39.9 Å². The van der Waals surface area contributed by atoms with Gasteiger partial charge in [-0.15, -0.1) is 13.2 Å². The van der Waals surface area contributed by atoms with Crippen molar-refractivity contribution < 1.29 is 27.4 Å². The zero-order valence-electron chi connectivity index (χ0n) is 21.2. The molecule has 1 fully saturated rings. The van der Waals surface area contributed by atoms with Gasteiger partial charge in [0, 0.05) is 40.9 Å². The van der Waals surface area contributed by atoms with Crippen LogP contribution in [0.1, 0.15) is 30.0 Å². The molecule has 1 unspecified atom stereocenters. The molecule has 1 atom stereocenters. The van der Waals surface area contributed by atoms with Crippen molar-refractivity contribution in [1.82, 2.24) is 14.8 Å². The van der Waals surface area contributed by atoms with Crippen LogP contribution in [0, 0.1) is 0 Å². The van der Waals surface area contributed by atoms with Gasteiger partial charge in [0.2, 0.25) is 0 Å². The Morgan fingerprint density at radius 2 is 1.85 bits per heavy atom. The van der Waals surface area contributed by atoms with Crippen LogP contribution in [0.4, 0.5) is 24.5 Å². The van der Waals surface area contributed by atoms with Gasteiger partial charge in [-0.25, -0.2) is 9.67 Å². The van der Waals surface area contributed by atoms with Crippen molar-refractivity contribution in [1.29, 1.82) is 0 Å². The van der Waals surface area contributed by atoms with Crippen LogP contribution in [0.5, 0.6) is 11.5 Å². The quantitative estimate of drug-likeness (QED) is 0.291. The number of amides is 1. The van der Waals surface area contributed by atoms with E-state index in [0.717, 1.165) is 18.4 Å². The second-order valence-electron chi connectivity index (χ2n) is 9.82. The number of nitrogens with one attached hydrogen (secondary N) is 1. The van der Waals surface area contributed by atoms with Crippen molar-refractivity contribution in [2.24, 2.45) is 0 Å². The molecule has 4 aromatic rings. The largest absolute Gasteiger partial charge is 0.573 e. The Bertz CT molecular complexity index is 1560. The molecule has 0 bridgehead atoms. The standard InChI is InChI=1S/C28H23ClF3N5O3/c1-39-22-11-19(10-20(12-22)37-16-33-15-34-37)35-25(17-2-4-18(29)5-3-17)26(38)36-14-27(8-9-27)23-7-6-21(13-24(23)36)40-28(30,31)32/h2-7,10-13,15-16,25,35H,8-9,14H2,1H3. The topological polar surface area (TPSA) is 81.5 Å². The third-order valence-electron chi connectivity index (χ3n) is 7.22. The maximum Gasteiger partial charge on any atom is 0.573 e. The second-order valence-corrected chi connectivity index (χ2v) is 10.3. The van der Waals surface area contributed by atoms with Gasteiger partial charge >= 0.3 is 6.36 Å². The minimum Gasteiger partial charge on any atom is -0.497 e. The van der Waals surface area contributed by atoms with Crippen molar-refractivity contribution >= 4 is 28.9 Å². The van der Waals surface area contributed by atoms with Gasteiger partial charge in [-0.3, -0.25) is 4.79 Å². The second kappa shape index (κ2) is 9.74. The molecule has 1 aromatic heterocycles. The molecule has 1 N–H and O–H groups in total. The number of hydrogen-bond acceptors (Lipinski definition) is 6. The molecule has 8 nitrogen and oxygen atoms in total. The lowest BCUT2D eigenvalue weighted by molar-refractivity contribution is -0.274. The van der Waals surface area contributed by atoms with Gasteiger partial charge in [0.25, 0.3) is 5.91 Å². The minimum atomic E-state index is -4.85. The Kier molecular flexibility index (Phi) is 6.33. The molecule has 1 spiro atoms. The Morgan fingerprint density at radius 3 is 2.50 bits per heavy atom. The van der Waals surface area contributed by atoms with E-state index in [4.69, 9.17) is 16.3 Å². The molecule has 0 saturated heterocycles. The van der Waals surface area contributed by atoms with E-state index in [-0.39, 0.29) is 17.1 Å². The summed E-state index contributed by atoms with van der Waals surface area (Å²) in [6.07, 6.45) is -0.210. The van der Waals surface area contributed by atoms with E-state index in [1.54, 1.807) is 58.1 Å². The number of aromatic nitrogens is 3. The van der Waals surface area contributed by atoms with Gasteiger partial charge in [0.15, 0.2) is 0 Å². The highest BCUT2D eigenvalue weighted by Gasteiger charge is 2.54. The predicted octanol–water partition coefficient (Wildman–Crippen LogP) is 6.06. The van der Waals surface area contributed by atoms with E-state index < -0.39 is 12.4 Å². The Hall–Kier alpha value is -4.25. The molecule has 1 amide bonds. The average Bonchev–Trinajstić information content (AvgIpc) is 3.35. The summed E-state index contributed by atoms with van der Waals surface area (Å²) < 4.78 is 50.2. The first-order chi connectivity index (χ1) is 19.1. The van der Waals surface area contributed by atoms with Crippen LogP contribution in [0.15, 0.2) is 73.3 Å². The van der Waals surface area contributed by atoms with Gasteiger partial charge in [0.1, 0.15) is 30.2 Å². The molecule has 2 aliphatic rings. The van der Waals surface area contributed by atoms with Crippen LogP contribution in [0.2, 0.25) is 5.02 Å². The number of fused-ring (bicyclic) bond motifs is 2. The molecular weight excluding hydrogens is 547 g/mol. The maximum atomic E-state index is 14.3. The van der Waals surface area contributed by atoms with Crippen molar-refractivity contribution in [2.45, 2.75) is 30.7 Å².